The number of carbonyl (C=O) groups is 2. The zero-order chi connectivity index (χ0) is 20.6. The van der Waals surface area contributed by atoms with Gasteiger partial charge in [-0.25, -0.2) is 4.39 Å². The van der Waals surface area contributed by atoms with E-state index in [2.05, 4.69) is 10.2 Å². The molecule has 0 radical (unpaired) electrons. The standard InChI is InChI=1S/C22H26FN3O2S/c1-2-24-21(27)16-25-12-3-13-26(15-14-25)22(28)11-9-19-8-10-20(29-19)17-4-6-18(23)7-5-17/h4-11H,2-3,12-16H2,1H3,(H,24,27)/b11-9+. The highest BCUT2D eigenvalue weighted by Crippen LogP contribution is 2.29. The van der Waals surface area contributed by atoms with Crippen molar-refractivity contribution in [2.45, 2.75) is 13.3 Å². The highest BCUT2D eigenvalue weighted by molar-refractivity contribution is 7.16. The van der Waals surface area contributed by atoms with E-state index in [-0.39, 0.29) is 17.6 Å². The van der Waals surface area contributed by atoms with Crippen LogP contribution in [0.3, 0.4) is 0 Å². The second kappa shape index (κ2) is 10.3. The number of rotatable bonds is 6. The van der Waals surface area contributed by atoms with Crippen LogP contribution in [0.25, 0.3) is 16.5 Å². The first-order chi connectivity index (χ1) is 14.0. The Balaban J connectivity index is 1.54. The summed E-state index contributed by atoms with van der Waals surface area (Å²) in [6.07, 6.45) is 4.30. The van der Waals surface area contributed by atoms with Gasteiger partial charge in [0.05, 0.1) is 6.54 Å². The first kappa shape index (κ1) is 21.2. The number of nitrogens with zero attached hydrogens (tertiary/aromatic N) is 2. The van der Waals surface area contributed by atoms with Crippen LogP contribution in [0.5, 0.6) is 0 Å². The van der Waals surface area contributed by atoms with Crippen molar-refractivity contribution < 1.29 is 14.0 Å². The zero-order valence-corrected chi connectivity index (χ0v) is 17.4. The maximum atomic E-state index is 13.1. The molecule has 0 saturated carbocycles. The number of amides is 2. The largest absolute Gasteiger partial charge is 0.355 e. The Bertz CT molecular complexity index is 863. The second-order valence-corrected chi connectivity index (χ2v) is 8.07. The number of likely N-dealkylation sites (N-methyl/N-ethyl adjacent to an activating group) is 1. The van der Waals surface area contributed by atoms with Gasteiger partial charge in [0, 0.05) is 48.6 Å². The van der Waals surface area contributed by atoms with E-state index < -0.39 is 0 Å². The monoisotopic (exact) mass is 415 g/mol. The van der Waals surface area contributed by atoms with Crippen LogP contribution in [-0.4, -0.2) is 60.9 Å². The lowest BCUT2D eigenvalue weighted by Gasteiger charge is -2.20. The van der Waals surface area contributed by atoms with Crippen LogP contribution in [0, 0.1) is 5.82 Å². The highest BCUT2D eigenvalue weighted by Gasteiger charge is 2.19. The predicted octanol–water partition coefficient (Wildman–Crippen LogP) is 3.24. The van der Waals surface area contributed by atoms with Crippen molar-refractivity contribution in [3.05, 3.63) is 53.2 Å². The average Bonchev–Trinajstić information content (AvgIpc) is 3.06. The summed E-state index contributed by atoms with van der Waals surface area (Å²) in [4.78, 5) is 30.3. The van der Waals surface area contributed by atoms with Crippen molar-refractivity contribution in [1.29, 1.82) is 0 Å². The minimum Gasteiger partial charge on any atom is -0.355 e. The van der Waals surface area contributed by atoms with Crippen molar-refractivity contribution >= 4 is 29.2 Å². The number of hydrogen-bond acceptors (Lipinski definition) is 4. The summed E-state index contributed by atoms with van der Waals surface area (Å²) in [5.74, 6) is -0.235. The number of carbonyl (C=O) groups excluding carboxylic acids is 2. The fourth-order valence-corrected chi connectivity index (χ4v) is 4.19. The highest BCUT2D eigenvalue weighted by atomic mass is 32.1. The van der Waals surface area contributed by atoms with E-state index in [0.29, 0.717) is 32.7 Å². The summed E-state index contributed by atoms with van der Waals surface area (Å²) in [6, 6.07) is 10.3. The molecule has 1 aliphatic heterocycles. The molecule has 1 aliphatic rings. The molecular weight excluding hydrogens is 389 g/mol. The molecule has 2 heterocycles. The third-order valence-corrected chi connectivity index (χ3v) is 5.89. The average molecular weight is 416 g/mol. The molecule has 0 atom stereocenters. The van der Waals surface area contributed by atoms with E-state index >= 15 is 0 Å². The van der Waals surface area contributed by atoms with E-state index in [4.69, 9.17) is 0 Å². The lowest BCUT2D eigenvalue weighted by Crippen LogP contribution is -2.39. The van der Waals surface area contributed by atoms with E-state index in [1.807, 2.05) is 30.0 Å². The molecule has 7 heteroatoms. The Morgan fingerprint density at radius 1 is 1.10 bits per heavy atom. The predicted molar refractivity (Wildman–Crippen MR) is 115 cm³/mol. The molecule has 1 N–H and O–H groups in total. The van der Waals surface area contributed by atoms with E-state index in [1.54, 1.807) is 29.5 Å². The fraction of sp³-hybridized carbons (Fsp3) is 0.364. The summed E-state index contributed by atoms with van der Waals surface area (Å²) < 4.78 is 13.1. The van der Waals surface area contributed by atoms with Gasteiger partial charge >= 0.3 is 0 Å². The van der Waals surface area contributed by atoms with Crippen molar-refractivity contribution in [3.8, 4) is 10.4 Å². The van der Waals surface area contributed by atoms with Crippen molar-refractivity contribution in [2.75, 3.05) is 39.3 Å². The SMILES string of the molecule is CCNC(=O)CN1CCCN(C(=O)/C=C/c2ccc(-c3ccc(F)cc3)s2)CC1. The minimum absolute atomic E-state index is 0.0124. The number of benzene rings is 1. The van der Waals surface area contributed by atoms with Gasteiger partial charge in [-0.3, -0.25) is 14.5 Å². The van der Waals surface area contributed by atoms with Crippen LogP contribution < -0.4 is 5.32 Å². The Hall–Kier alpha value is -2.51. The Morgan fingerprint density at radius 2 is 1.90 bits per heavy atom. The molecule has 1 saturated heterocycles. The lowest BCUT2D eigenvalue weighted by molar-refractivity contribution is -0.125. The topological polar surface area (TPSA) is 52.7 Å². The number of thiophene rings is 1. The molecule has 2 amide bonds. The molecule has 5 nitrogen and oxygen atoms in total. The van der Waals surface area contributed by atoms with E-state index in [0.717, 1.165) is 28.3 Å². The van der Waals surface area contributed by atoms with Gasteiger partial charge in [0.25, 0.3) is 0 Å². The first-order valence-electron chi connectivity index (χ1n) is 9.87. The molecule has 0 unspecified atom stereocenters. The van der Waals surface area contributed by atoms with Crippen LogP contribution in [0.2, 0.25) is 0 Å². The molecule has 29 heavy (non-hydrogen) atoms. The molecule has 1 aromatic heterocycles. The van der Waals surface area contributed by atoms with Gasteiger partial charge in [0.1, 0.15) is 5.82 Å². The Labute approximate surface area is 174 Å². The summed E-state index contributed by atoms with van der Waals surface area (Å²) >= 11 is 1.56. The van der Waals surface area contributed by atoms with E-state index in [9.17, 15) is 14.0 Å². The van der Waals surface area contributed by atoms with Gasteiger partial charge in [-0.05, 0) is 49.2 Å². The maximum absolute atomic E-state index is 13.1. The van der Waals surface area contributed by atoms with Gasteiger partial charge in [-0.2, -0.15) is 0 Å². The van der Waals surface area contributed by atoms with Crippen molar-refractivity contribution in [3.63, 3.8) is 0 Å². The zero-order valence-electron chi connectivity index (χ0n) is 16.6. The molecule has 0 aliphatic carbocycles. The van der Waals surface area contributed by atoms with Crippen LogP contribution in [0.15, 0.2) is 42.5 Å². The van der Waals surface area contributed by atoms with Gasteiger partial charge in [-0.15, -0.1) is 11.3 Å². The number of nitrogens with one attached hydrogen (secondary N) is 1. The lowest BCUT2D eigenvalue weighted by atomic mass is 10.2. The smallest absolute Gasteiger partial charge is 0.246 e. The fourth-order valence-electron chi connectivity index (χ4n) is 3.28. The molecule has 0 bridgehead atoms. The number of hydrogen-bond donors (Lipinski definition) is 1. The Kier molecular flexibility index (Phi) is 7.55. The van der Waals surface area contributed by atoms with E-state index in [1.165, 1.54) is 12.1 Å². The number of halogens is 1. The van der Waals surface area contributed by atoms with Crippen LogP contribution in [-0.2, 0) is 9.59 Å². The summed E-state index contributed by atoms with van der Waals surface area (Å²) in [5, 5.41) is 2.81. The summed E-state index contributed by atoms with van der Waals surface area (Å²) in [5.41, 5.74) is 0.960. The van der Waals surface area contributed by atoms with Crippen molar-refractivity contribution in [2.24, 2.45) is 0 Å². The summed E-state index contributed by atoms with van der Waals surface area (Å²) in [7, 11) is 0. The third-order valence-electron chi connectivity index (χ3n) is 4.79. The molecule has 0 spiro atoms. The van der Waals surface area contributed by atoms with Gasteiger partial charge in [0.15, 0.2) is 0 Å². The van der Waals surface area contributed by atoms with Crippen LogP contribution in [0.1, 0.15) is 18.2 Å². The molecule has 154 valence electrons. The molecule has 1 fully saturated rings. The second-order valence-electron chi connectivity index (χ2n) is 6.95. The van der Waals surface area contributed by atoms with Gasteiger partial charge in [0.2, 0.25) is 11.8 Å². The molecule has 1 aromatic carbocycles. The van der Waals surface area contributed by atoms with Crippen molar-refractivity contribution in [1.82, 2.24) is 15.1 Å². The quantitative estimate of drug-likeness (QED) is 0.737. The summed E-state index contributed by atoms with van der Waals surface area (Å²) in [6.45, 7) is 5.75. The third kappa shape index (κ3) is 6.24. The minimum atomic E-state index is -0.252. The van der Waals surface area contributed by atoms with Gasteiger partial charge in [-0.1, -0.05) is 12.1 Å². The molecular formula is C22H26FN3O2S. The maximum Gasteiger partial charge on any atom is 0.246 e. The molecule has 2 aromatic rings. The first-order valence-corrected chi connectivity index (χ1v) is 10.7. The molecule has 3 rings (SSSR count). The van der Waals surface area contributed by atoms with Crippen LogP contribution >= 0.6 is 11.3 Å². The normalized spacial score (nSPS) is 15.4. The van der Waals surface area contributed by atoms with Crippen LogP contribution in [0.4, 0.5) is 4.39 Å². The Morgan fingerprint density at radius 3 is 2.66 bits per heavy atom. The van der Waals surface area contributed by atoms with Gasteiger partial charge < -0.3 is 10.2 Å².